The summed E-state index contributed by atoms with van der Waals surface area (Å²) < 4.78 is 42.2. The molecule has 3 atom stereocenters. The van der Waals surface area contributed by atoms with E-state index in [4.69, 9.17) is 4.74 Å². The summed E-state index contributed by atoms with van der Waals surface area (Å²) in [4.78, 5) is 13.4. The zero-order valence-corrected chi connectivity index (χ0v) is 14.4. The van der Waals surface area contributed by atoms with Crippen LogP contribution in [0.3, 0.4) is 0 Å². The van der Waals surface area contributed by atoms with Gasteiger partial charge in [0.1, 0.15) is 6.10 Å². The summed E-state index contributed by atoms with van der Waals surface area (Å²) in [5, 5.41) is 11.2. The van der Waals surface area contributed by atoms with Gasteiger partial charge >= 0.3 is 12.1 Å². The number of benzene rings is 2. The van der Waals surface area contributed by atoms with E-state index in [2.05, 4.69) is 11.0 Å². The molecule has 2 heterocycles. The molecule has 27 heavy (non-hydrogen) atoms. The van der Waals surface area contributed by atoms with Crippen LogP contribution in [0.25, 0.3) is 10.8 Å². The minimum Gasteiger partial charge on any atom is -0.456 e. The van der Waals surface area contributed by atoms with Crippen molar-refractivity contribution in [3.05, 3.63) is 42.0 Å². The lowest BCUT2D eigenvalue weighted by Crippen LogP contribution is -2.47. The Morgan fingerprint density at radius 1 is 1.07 bits per heavy atom. The summed E-state index contributed by atoms with van der Waals surface area (Å²) in [6.07, 6.45) is -3.21. The van der Waals surface area contributed by atoms with E-state index >= 15 is 0 Å². The van der Waals surface area contributed by atoms with Gasteiger partial charge in [0.2, 0.25) is 0 Å². The Hall–Kier alpha value is -2.75. The van der Waals surface area contributed by atoms with Crippen molar-refractivity contribution >= 4 is 22.4 Å². The van der Waals surface area contributed by atoms with Gasteiger partial charge in [-0.2, -0.15) is 18.4 Å². The number of halogens is 3. The topological polar surface area (TPSA) is 53.3 Å². The lowest BCUT2D eigenvalue weighted by molar-refractivity contribution is -0.206. The molecule has 0 saturated carbocycles. The first kappa shape index (κ1) is 17.7. The fourth-order valence-electron chi connectivity index (χ4n) is 4.44. The van der Waals surface area contributed by atoms with Gasteiger partial charge in [0, 0.05) is 41.4 Å². The minimum atomic E-state index is -4.96. The quantitative estimate of drug-likeness (QED) is 0.735. The second-order valence-electron chi connectivity index (χ2n) is 7.08. The maximum absolute atomic E-state index is 12.5. The number of nitrogens with zero attached hydrogens (tertiary/aromatic N) is 2. The van der Waals surface area contributed by atoms with E-state index in [1.54, 1.807) is 6.07 Å². The maximum atomic E-state index is 12.5. The van der Waals surface area contributed by atoms with Crippen molar-refractivity contribution in [1.82, 2.24) is 0 Å². The normalized spacial score (nSPS) is 24.7. The molecule has 2 aliphatic heterocycles. The molecule has 2 bridgehead atoms. The summed E-state index contributed by atoms with van der Waals surface area (Å²) in [7, 11) is 0. The summed E-state index contributed by atoms with van der Waals surface area (Å²) in [6.45, 7) is 0. The first-order valence-electron chi connectivity index (χ1n) is 8.86. The number of nitriles is 1. The van der Waals surface area contributed by atoms with Gasteiger partial charge < -0.3 is 9.64 Å². The Morgan fingerprint density at radius 2 is 1.70 bits per heavy atom. The van der Waals surface area contributed by atoms with Gasteiger partial charge in [-0.15, -0.1) is 0 Å². The average Bonchev–Trinajstić information content (AvgIpc) is 2.90. The average molecular weight is 374 g/mol. The molecule has 2 saturated heterocycles. The molecule has 0 radical (unpaired) electrons. The third kappa shape index (κ3) is 3.09. The number of hydrogen-bond donors (Lipinski definition) is 0. The van der Waals surface area contributed by atoms with Crippen LogP contribution < -0.4 is 4.90 Å². The molecule has 2 aromatic carbocycles. The number of anilines is 1. The largest absolute Gasteiger partial charge is 0.490 e. The number of carbonyl (C=O) groups excluding carboxylic acids is 1. The molecule has 0 aromatic heterocycles. The first-order chi connectivity index (χ1) is 12.9. The smallest absolute Gasteiger partial charge is 0.456 e. The number of fused-ring (bicyclic) bond motifs is 3. The number of piperidine rings is 1. The summed E-state index contributed by atoms with van der Waals surface area (Å²) in [5.74, 6) is -2.11. The molecule has 0 spiro atoms. The number of ether oxygens (including phenoxy) is 1. The zero-order chi connectivity index (χ0) is 19.2. The van der Waals surface area contributed by atoms with E-state index in [9.17, 15) is 23.2 Å². The molecular weight excluding hydrogens is 357 g/mol. The molecule has 0 N–H and O–H groups in total. The highest BCUT2D eigenvalue weighted by atomic mass is 19.4. The predicted molar refractivity (Wildman–Crippen MR) is 93.1 cm³/mol. The Labute approximate surface area is 154 Å². The molecule has 0 aliphatic carbocycles. The molecule has 2 aliphatic rings. The van der Waals surface area contributed by atoms with Crippen molar-refractivity contribution in [3.63, 3.8) is 0 Å². The van der Waals surface area contributed by atoms with Crippen molar-refractivity contribution in [2.75, 3.05) is 4.90 Å². The summed E-state index contributed by atoms with van der Waals surface area (Å²) >= 11 is 0. The van der Waals surface area contributed by atoms with Crippen LogP contribution in [0.1, 0.15) is 31.2 Å². The van der Waals surface area contributed by atoms with Crippen LogP contribution in [0.5, 0.6) is 0 Å². The molecule has 2 fully saturated rings. The van der Waals surface area contributed by atoms with E-state index in [0.717, 1.165) is 29.3 Å². The van der Waals surface area contributed by atoms with Crippen LogP contribution in [0.2, 0.25) is 0 Å². The minimum absolute atomic E-state index is 0.0196. The third-order valence-corrected chi connectivity index (χ3v) is 5.49. The standard InChI is InChI=1S/C20H17F3N2O2/c21-20(22,23)19(26)27-15-9-13-6-7-14(10-15)25(13)18-8-5-12(11-24)16-3-1-2-4-17(16)18/h1-5,8,13-15H,6-7,9-10H2/t13-,14+,15?. The lowest BCUT2D eigenvalue weighted by Gasteiger charge is -2.40. The number of esters is 1. The molecule has 4 nitrogen and oxygen atoms in total. The van der Waals surface area contributed by atoms with Gasteiger partial charge in [0.05, 0.1) is 11.6 Å². The van der Waals surface area contributed by atoms with E-state index in [0.29, 0.717) is 18.4 Å². The van der Waals surface area contributed by atoms with E-state index in [1.165, 1.54) is 0 Å². The van der Waals surface area contributed by atoms with Gasteiger partial charge in [-0.1, -0.05) is 24.3 Å². The van der Waals surface area contributed by atoms with E-state index < -0.39 is 18.2 Å². The second-order valence-corrected chi connectivity index (χ2v) is 7.08. The van der Waals surface area contributed by atoms with Crippen LogP contribution in [-0.2, 0) is 9.53 Å². The monoisotopic (exact) mass is 374 g/mol. The van der Waals surface area contributed by atoms with E-state index in [1.807, 2.05) is 30.3 Å². The van der Waals surface area contributed by atoms with Crippen LogP contribution >= 0.6 is 0 Å². The van der Waals surface area contributed by atoms with Gasteiger partial charge in [0.15, 0.2) is 0 Å². The van der Waals surface area contributed by atoms with Crippen molar-refractivity contribution in [1.29, 1.82) is 5.26 Å². The molecular formula is C20H17F3N2O2. The van der Waals surface area contributed by atoms with Gasteiger partial charge in [-0.3, -0.25) is 0 Å². The third-order valence-electron chi connectivity index (χ3n) is 5.49. The Bertz CT molecular complexity index is 921. The molecule has 0 amide bonds. The van der Waals surface area contributed by atoms with E-state index in [-0.39, 0.29) is 12.1 Å². The SMILES string of the molecule is N#Cc1ccc(N2[C@@H]3CC[C@H]2CC(OC(=O)C(F)(F)F)C3)c2ccccc12. The van der Waals surface area contributed by atoms with Gasteiger partial charge in [0.25, 0.3) is 0 Å². The van der Waals surface area contributed by atoms with Crippen LogP contribution in [0.15, 0.2) is 36.4 Å². The second kappa shape index (κ2) is 6.45. The van der Waals surface area contributed by atoms with Crippen LogP contribution in [0, 0.1) is 11.3 Å². The van der Waals surface area contributed by atoms with Gasteiger partial charge in [-0.05, 0) is 25.0 Å². The fraction of sp³-hybridized carbons (Fsp3) is 0.400. The Balaban J connectivity index is 1.62. The molecule has 2 aromatic rings. The van der Waals surface area contributed by atoms with Crippen molar-refractivity contribution in [2.45, 2.75) is 50.0 Å². The highest BCUT2D eigenvalue weighted by Gasteiger charge is 2.47. The predicted octanol–water partition coefficient (Wildman–Crippen LogP) is 4.32. The fourth-order valence-corrected chi connectivity index (χ4v) is 4.44. The molecule has 140 valence electrons. The lowest BCUT2D eigenvalue weighted by atomic mass is 9.96. The van der Waals surface area contributed by atoms with Crippen molar-refractivity contribution in [2.24, 2.45) is 0 Å². The summed E-state index contributed by atoms with van der Waals surface area (Å²) in [5.41, 5.74) is 1.58. The maximum Gasteiger partial charge on any atom is 0.490 e. The molecule has 4 rings (SSSR count). The zero-order valence-electron chi connectivity index (χ0n) is 14.4. The van der Waals surface area contributed by atoms with Crippen LogP contribution in [-0.4, -0.2) is 30.3 Å². The number of carbonyl (C=O) groups is 1. The highest BCUT2D eigenvalue weighted by Crippen LogP contribution is 2.43. The number of alkyl halides is 3. The van der Waals surface area contributed by atoms with Crippen molar-refractivity contribution < 1.29 is 22.7 Å². The van der Waals surface area contributed by atoms with Crippen LogP contribution in [0.4, 0.5) is 18.9 Å². The number of hydrogen-bond acceptors (Lipinski definition) is 4. The molecule has 7 heteroatoms. The number of rotatable bonds is 2. The Kier molecular flexibility index (Phi) is 4.22. The molecule has 1 unspecified atom stereocenters. The highest BCUT2D eigenvalue weighted by molar-refractivity contribution is 5.98. The Morgan fingerprint density at radius 3 is 2.30 bits per heavy atom. The van der Waals surface area contributed by atoms with Crippen molar-refractivity contribution in [3.8, 4) is 6.07 Å². The summed E-state index contributed by atoms with van der Waals surface area (Å²) in [6, 6.07) is 13.6. The first-order valence-corrected chi connectivity index (χ1v) is 8.86. The van der Waals surface area contributed by atoms with Gasteiger partial charge in [-0.25, -0.2) is 4.79 Å².